The van der Waals surface area contributed by atoms with Gasteiger partial charge in [-0.3, -0.25) is 4.98 Å². The van der Waals surface area contributed by atoms with E-state index in [0.29, 0.717) is 12.0 Å². The maximum Gasteiger partial charge on any atom is 0.144 e. The highest BCUT2D eigenvalue weighted by molar-refractivity contribution is 5.33. The fourth-order valence-corrected chi connectivity index (χ4v) is 2.24. The third-order valence-electron chi connectivity index (χ3n) is 3.49. The van der Waals surface area contributed by atoms with Gasteiger partial charge in [0.25, 0.3) is 0 Å². The molecule has 2 heterocycles. The molecule has 2 atom stereocenters. The second-order valence-corrected chi connectivity index (χ2v) is 4.67. The van der Waals surface area contributed by atoms with Crippen molar-refractivity contribution in [2.45, 2.75) is 39.7 Å². The van der Waals surface area contributed by atoms with Gasteiger partial charge in [0.2, 0.25) is 0 Å². The molecule has 0 bridgehead atoms. The zero-order valence-corrected chi connectivity index (χ0v) is 10.9. The smallest absolute Gasteiger partial charge is 0.144 e. The minimum absolute atomic E-state index is 0.405. The molecule has 0 amide bonds. The van der Waals surface area contributed by atoms with Crippen molar-refractivity contribution in [2.24, 2.45) is 5.92 Å². The Hall–Kier alpha value is -1.16. The molecule has 0 radical (unpaired) electrons. The van der Waals surface area contributed by atoms with E-state index in [1.165, 1.54) is 0 Å². The number of aromatic nitrogens is 2. The molecule has 2 rings (SSSR count). The average Bonchev–Trinajstić information content (AvgIpc) is 2.78. The largest absolute Gasteiger partial charge is 0.378 e. The van der Waals surface area contributed by atoms with Crippen molar-refractivity contribution in [3.05, 3.63) is 17.6 Å². The van der Waals surface area contributed by atoms with Gasteiger partial charge in [0.05, 0.1) is 23.7 Å². The molecule has 1 N–H and O–H groups in total. The monoisotopic (exact) mass is 235 g/mol. The van der Waals surface area contributed by atoms with Gasteiger partial charge in [0.15, 0.2) is 0 Å². The van der Waals surface area contributed by atoms with Gasteiger partial charge in [-0.25, -0.2) is 4.98 Å². The molecule has 1 saturated heterocycles. The second kappa shape index (κ2) is 5.45. The first-order valence-corrected chi connectivity index (χ1v) is 6.36. The van der Waals surface area contributed by atoms with Gasteiger partial charge in [-0.05, 0) is 26.7 Å². The Kier molecular flexibility index (Phi) is 3.94. The average molecular weight is 235 g/mol. The molecule has 4 heteroatoms. The zero-order chi connectivity index (χ0) is 12.3. The summed E-state index contributed by atoms with van der Waals surface area (Å²) in [5, 5.41) is 3.37. The Balaban J connectivity index is 1.91. The molecule has 94 valence electrons. The van der Waals surface area contributed by atoms with Crippen molar-refractivity contribution >= 4 is 5.82 Å². The van der Waals surface area contributed by atoms with Crippen LogP contribution in [0.25, 0.3) is 0 Å². The third-order valence-corrected chi connectivity index (χ3v) is 3.49. The Morgan fingerprint density at radius 3 is 2.94 bits per heavy atom. The van der Waals surface area contributed by atoms with Crippen molar-refractivity contribution in [1.82, 2.24) is 9.97 Å². The fraction of sp³-hybridized carbons (Fsp3) is 0.692. The summed E-state index contributed by atoms with van der Waals surface area (Å²) in [5.74, 6) is 1.47. The van der Waals surface area contributed by atoms with Crippen molar-refractivity contribution < 1.29 is 4.74 Å². The Morgan fingerprint density at radius 1 is 1.41 bits per heavy atom. The summed E-state index contributed by atoms with van der Waals surface area (Å²) in [6.45, 7) is 7.96. The molecule has 0 aliphatic carbocycles. The van der Waals surface area contributed by atoms with E-state index in [4.69, 9.17) is 4.74 Å². The molecule has 4 nitrogen and oxygen atoms in total. The lowest BCUT2D eigenvalue weighted by Crippen LogP contribution is -2.23. The van der Waals surface area contributed by atoms with E-state index in [2.05, 4.69) is 22.2 Å². The number of ether oxygens (including phenoxy) is 1. The molecular formula is C13H21N3O. The maximum absolute atomic E-state index is 5.67. The van der Waals surface area contributed by atoms with Gasteiger partial charge in [0.1, 0.15) is 5.82 Å². The third kappa shape index (κ3) is 2.94. The van der Waals surface area contributed by atoms with Crippen LogP contribution < -0.4 is 5.32 Å². The SMILES string of the molecule is CCC1OCCC1CNc1cnc(C)c(C)n1. The van der Waals surface area contributed by atoms with Crippen LogP contribution in [0.15, 0.2) is 6.20 Å². The highest BCUT2D eigenvalue weighted by Crippen LogP contribution is 2.23. The zero-order valence-electron chi connectivity index (χ0n) is 10.9. The lowest BCUT2D eigenvalue weighted by Gasteiger charge is -2.17. The van der Waals surface area contributed by atoms with Crippen LogP contribution in [0, 0.1) is 19.8 Å². The molecule has 17 heavy (non-hydrogen) atoms. The van der Waals surface area contributed by atoms with E-state index in [1.54, 1.807) is 6.20 Å². The van der Waals surface area contributed by atoms with E-state index in [0.717, 1.165) is 43.2 Å². The molecule has 0 saturated carbocycles. The number of aryl methyl sites for hydroxylation is 2. The van der Waals surface area contributed by atoms with E-state index in [-0.39, 0.29) is 0 Å². The molecule has 1 fully saturated rings. The first kappa shape index (κ1) is 12.3. The first-order chi connectivity index (χ1) is 8.20. The number of nitrogens with zero attached hydrogens (tertiary/aromatic N) is 2. The van der Waals surface area contributed by atoms with E-state index in [9.17, 15) is 0 Å². The van der Waals surface area contributed by atoms with Crippen LogP contribution in [0.3, 0.4) is 0 Å². The summed E-state index contributed by atoms with van der Waals surface area (Å²) in [6, 6.07) is 0. The second-order valence-electron chi connectivity index (χ2n) is 4.67. The fourth-order valence-electron chi connectivity index (χ4n) is 2.24. The highest BCUT2D eigenvalue weighted by atomic mass is 16.5. The summed E-state index contributed by atoms with van der Waals surface area (Å²) < 4.78 is 5.67. The van der Waals surface area contributed by atoms with E-state index < -0.39 is 0 Å². The minimum Gasteiger partial charge on any atom is -0.378 e. The van der Waals surface area contributed by atoms with Crippen LogP contribution in [-0.4, -0.2) is 29.2 Å². The lowest BCUT2D eigenvalue weighted by atomic mass is 10.00. The van der Waals surface area contributed by atoms with E-state index >= 15 is 0 Å². The topological polar surface area (TPSA) is 47.0 Å². The molecule has 1 aromatic heterocycles. The standard InChI is InChI=1S/C13H21N3O/c1-4-12-11(5-6-17-12)7-15-13-8-14-9(2)10(3)16-13/h8,11-12H,4-7H2,1-3H3,(H,15,16). The van der Waals surface area contributed by atoms with Crippen molar-refractivity contribution in [2.75, 3.05) is 18.5 Å². The van der Waals surface area contributed by atoms with Crippen LogP contribution in [-0.2, 0) is 4.74 Å². The Morgan fingerprint density at radius 2 is 2.24 bits per heavy atom. The van der Waals surface area contributed by atoms with E-state index in [1.807, 2.05) is 13.8 Å². The van der Waals surface area contributed by atoms with Gasteiger partial charge in [-0.1, -0.05) is 6.92 Å². The van der Waals surface area contributed by atoms with Gasteiger partial charge < -0.3 is 10.1 Å². The Labute approximate surface area is 103 Å². The van der Waals surface area contributed by atoms with Crippen LogP contribution in [0.2, 0.25) is 0 Å². The maximum atomic E-state index is 5.67. The predicted octanol–water partition coefficient (Wildman–Crippen LogP) is 2.32. The summed E-state index contributed by atoms with van der Waals surface area (Å²) in [6.07, 6.45) is 4.44. The van der Waals surface area contributed by atoms with Crippen LogP contribution in [0.4, 0.5) is 5.82 Å². The summed E-state index contributed by atoms with van der Waals surface area (Å²) >= 11 is 0. The van der Waals surface area contributed by atoms with Crippen molar-refractivity contribution in [3.8, 4) is 0 Å². The molecule has 1 aliphatic heterocycles. The number of hydrogen-bond acceptors (Lipinski definition) is 4. The van der Waals surface area contributed by atoms with Gasteiger partial charge in [0, 0.05) is 19.1 Å². The molecule has 1 aliphatic rings. The number of anilines is 1. The first-order valence-electron chi connectivity index (χ1n) is 6.36. The van der Waals surface area contributed by atoms with Gasteiger partial charge in [-0.2, -0.15) is 0 Å². The predicted molar refractivity (Wildman–Crippen MR) is 68.1 cm³/mol. The van der Waals surface area contributed by atoms with Gasteiger partial charge in [-0.15, -0.1) is 0 Å². The van der Waals surface area contributed by atoms with Crippen molar-refractivity contribution in [1.29, 1.82) is 0 Å². The van der Waals surface area contributed by atoms with Crippen LogP contribution in [0.1, 0.15) is 31.2 Å². The van der Waals surface area contributed by atoms with Gasteiger partial charge >= 0.3 is 0 Å². The summed E-state index contributed by atoms with van der Waals surface area (Å²) in [5.41, 5.74) is 1.98. The number of hydrogen-bond donors (Lipinski definition) is 1. The lowest BCUT2D eigenvalue weighted by molar-refractivity contribution is 0.0900. The molecule has 0 aromatic carbocycles. The molecule has 0 spiro atoms. The van der Waals surface area contributed by atoms with Crippen LogP contribution in [0.5, 0.6) is 0 Å². The summed E-state index contributed by atoms with van der Waals surface area (Å²) in [7, 11) is 0. The number of rotatable bonds is 4. The van der Waals surface area contributed by atoms with Crippen molar-refractivity contribution in [3.63, 3.8) is 0 Å². The highest BCUT2D eigenvalue weighted by Gasteiger charge is 2.26. The molecule has 1 aromatic rings. The summed E-state index contributed by atoms with van der Waals surface area (Å²) in [4.78, 5) is 8.78. The molecule has 2 unspecified atom stereocenters. The normalized spacial score (nSPS) is 23.9. The quantitative estimate of drug-likeness (QED) is 0.870. The minimum atomic E-state index is 0.405. The van der Waals surface area contributed by atoms with Crippen LogP contribution >= 0.6 is 0 Å². The molecular weight excluding hydrogens is 214 g/mol. The number of nitrogens with one attached hydrogen (secondary N) is 1. The Bertz CT molecular complexity index is 381.